The molecule has 1 fully saturated rings. The van der Waals surface area contributed by atoms with Crippen molar-refractivity contribution in [2.75, 3.05) is 38.1 Å². The predicted molar refractivity (Wildman–Crippen MR) is 107 cm³/mol. The number of halogens is 1. The Morgan fingerprint density at radius 1 is 1.28 bits per heavy atom. The smallest absolute Gasteiger partial charge is 0.221 e. The second-order valence-electron chi connectivity index (χ2n) is 6.15. The summed E-state index contributed by atoms with van der Waals surface area (Å²) in [6, 6.07) is 8.76. The van der Waals surface area contributed by atoms with E-state index < -0.39 is 0 Å². The van der Waals surface area contributed by atoms with Gasteiger partial charge in [-0.3, -0.25) is 9.79 Å². The van der Waals surface area contributed by atoms with Crippen molar-refractivity contribution in [1.82, 2.24) is 16.0 Å². The van der Waals surface area contributed by atoms with Crippen molar-refractivity contribution in [3.63, 3.8) is 0 Å². The van der Waals surface area contributed by atoms with Crippen molar-refractivity contribution < 1.29 is 4.79 Å². The minimum atomic E-state index is 0.0760. The van der Waals surface area contributed by atoms with Crippen LogP contribution in [0.15, 0.2) is 33.7 Å². The van der Waals surface area contributed by atoms with Crippen molar-refractivity contribution in [3.8, 4) is 0 Å². The summed E-state index contributed by atoms with van der Waals surface area (Å²) in [7, 11) is 1.76. The SMILES string of the molecule is CCCNC(=O)CCNC(=NC)NC1CCN(c2ccc(Br)cc2)C1. The molecule has 3 N–H and O–H groups in total. The van der Waals surface area contributed by atoms with Crippen molar-refractivity contribution in [2.45, 2.75) is 32.2 Å². The zero-order valence-corrected chi connectivity index (χ0v) is 16.6. The molecule has 0 radical (unpaired) electrons. The molecule has 1 unspecified atom stereocenters. The van der Waals surface area contributed by atoms with Gasteiger partial charge < -0.3 is 20.9 Å². The summed E-state index contributed by atoms with van der Waals surface area (Å²) in [6.07, 6.45) is 2.48. The molecule has 7 heteroatoms. The highest BCUT2D eigenvalue weighted by molar-refractivity contribution is 9.10. The number of hydrogen-bond donors (Lipinski definition) is 3. The Morgan fingerprint density at radius 2 is 2.04 bits per heavy atom. The summed E-state index contributed by atoms with van der Waals surface area (Å²) in [6.45, 7) is 5.33. The van der Waals surface area contributed by atoms with Crippen LogP contribution in [-0.4, -0.2) is 51.1 Å². The Kier molecular flexibility index (Phi) is 8.04. The molecule has 138 valence electrons. The minimum absolute atomic E-state index is 0.0760. The van der Waals surface area contributed by atoms with E-state index in [1.165, 1.54) is 5.69 Å². The Labute approximate surface area is 158 Å². The Morgan fingerprint density at radius 3 is 2.72 bits per heavy atom. The van der Waals surface area contributed by atoms with Crippen LogP contribution in [0.3, 0.4) is 0 Å². The second kappa shape index (κ2) is 10.3. The summed E-state index contributed by atoms with van der Waals surface area (Å²) in [5, 5.41) is 9.54. The molecule has 1 aliphatic heterocycles. The van der Waals surface area contributed by atoms with Gasteiger partial charge in [0.25, 0.3) is 0 Å². The molecule has 1 aliphatic rings. The van der Waals surface area contributed by atoms with Gasteiger partial charge in [-0.1, -0.05) is 22.9 Å². The maximum absolute atomic E-state index is 11.6. The number of hydrogen-bond acceptors (Lipinski definition) is 3. The van der Waals surface area contributed by atoms with Crippen LogP contribution < -0.4 is 20.9 Å². The molecular formula is C18H28BrN5O. The highest BCUT2D eigenvalue weighted by atomic mass is 79.9. The molecule has 0 aromatic heterocycles. The van der Waals surface area contributed by atoms with Crippen LogP contribution in [-0.2, 0) is 4.79 Å². The number of anilines is 1. The predicted octanol–water partition coefficient (Wildman–Crippen LogP) is 2.11. The molecule has 25 heavy (non-hydrogen) atoms. The fourth-order valence-electron chi connectivity index (χ4n) is 2.80. The van der Waals surface area contributed by atoms with E-state index in [2.05, 4.69) is 66.0 Å². The molecule has 2 rings (SSSR count). The van der Waals surface area contributed by atoms with E-state index in [1.54, 1.807) is 7.05 Å². The standard InChI is InChI=1S/C18H28BrN5O/c1-3-10-21-17(25)8-11-22-18(20-2)23-15-9-12-24(13-15)16-6-4-14(19)5-7-16/h4-7,15H,3,8-13H2,1-2H3,(H,21,25)(H2,20,22,23). The first kappa shape index (κ1) is 19.6. The van der Waals surface area contributed by atoms with Crippen LogP contribution in [0.1, 0.15) is 26.2 Å². The number of rotatable bonds is 7. The number of benzene rings is 1. The van der Waals surface area contributed by atoms with E-state index in [-0.39, 0.29) is 5.91 Å². The van der Waals surface area contributed by atoms with Gasteiger partial charge in [0, 0.05) is 55.8 Å². The molecule has 0 spiro atoms. The van der Waals surface area contributed by atoms with Crippen molar-refractivity contribution in [3.05, 3.63) is 28.7 Å². The van der Waals surface area contributed by atoms with Gasteiger partial charge in [-0.15, -0.1) is 0 Å². The van der Waals surface area contributed by atoms with Crippen LogP contribution in [0.25, 0.3) is 0 Å². The third-order valence-corrected chi connectivity index (χ3v) is 4.69. The molecule has 1 amide bonds. The maximum atomic E-state index is 11.6. The van der Waals surface area contributed by atoms with Crippen molar-refractivity contribution in [2.24, 2.45) is 4.99 Å². The summed E-state index contributed by atoms with van der Waals surface area (Å²) < 4.78 is 1.10. The van der Waals surface area contributed by atoms with Crippen molar-refractivity contribution in [1.29, 1.82) is 0 Å². The number of nitrogens with zero attached hydrogens (tertiary/aromatic N) is 2. The minimum Gasteiger partial charge on any atom is -0.369 e. The van der Waals surface area contributed by atoms with Gasteiger partial charge in [0.05, 0.1) is 0 Å². The Balaban J connectivity index is 1.73. The summed E-state index contributed by atoms with van der Waals surface area (Å²) in [5.41, 5.74) is 1.24. The molecule has 1 aromatic rings. The van der Waals surface area contributed by atoms with Crippen LogP contribution in [0.5, 0.6) is 0 Å². The zero-order valence-electron chi connectivity index (χ0n) is 15.0. The van der Waals surface area contributed by atoms with Gasteiger partial charge in [0.15, 0.2) is 5.96 Å². The first-order valence-corrected chi connectivity index (χ1v) is 9.66. The lowest BCUT2D eigenvalue weighted by Crippen LogP contribution is -2.45. The lowest BCUT2D eigenvalue weighted by atomic mass is 10.2. The van der Waals surface area contributed by atoms with Crippen LogP contribution in [0.4, 0.5) is 5.69 Å². The highest BCUT2D eigenvalue weighted by Gasteiger charge is 2.23. The van der Waals surface area contributed by atoms with E-state index in [4.69, 9.17) is 0 Å². The first-order valence-electron chi connectivity index (χ1n) is 8.86. The van der Waals surface area contributed by atoms with Gasteiger partial charge in [0.1, 0.15) is 0 Å². The van der Waals surface area contributed by atoms with E-state index in [9.17, 15) is 4.79 Å². The van der Waals surface area contributed by atoms with E-state index in [1.807, 2.05) is 6.92 Å². The van der Waals surface area contributed by atoms with Crippen LogP contribution in [0, 0.1) is 0 Å². The van der Waals surface area contributed by atoms with Crippen molar-refractivity contribution >= 4 is 33.5 Å². The van der Waals surface area contributed by atoms with Crippen LogP contribution in [0.2, 0.25) is 0 Å². The monoisotopic (exact) mass is 409 g/mol. The quantitative estimate of drug-likeness (QED) is 0.476. The second-order valence-corrected chi connectivity index (χ2v) is 7.07. The molecule has 0 saturated carbocycles. The number of amides is 1. The largest absolute Gasteiger partial charge is 0.369 e. The van der Waals surface area contributed by atoms with Gasteiger partial charge in [-0.25, -0.2) is 0 Å². The van der Waals surface area contributed by atoms with Gasteiger partial charge in [-0.2, -0.15) is 0 Å². The topological polar surface area (TPSA) is 68.8 Å². The lowest BCUT2D eigenvalue weighted by molar-refractivity contribution is -0.120. The molecule has 1 atom stereocenters. The number of carbonyl (C=O) groups is 1. The molecule has 1 saturated heterocycles. The number of aliphatic imine (C=N–C) groups is 1. The van der Waals surface area contributed by atoms with Gasteiger partial charge >= 0.3 is 0 Å². The fraction of sp³-hybridized carbons (Fsp3) is 0.556. The van der Waals surface area contributed by atoms with E-state index >= 15 is 0 Å². The first-order chi connectivity index (χ1) is 12.1. The normalized spacial score (nSPS) is 17.5. The third kappa shape index (κ3) is 6.57. The third-order valence-electron chi connectivity index (χ3n) is 4.16. The Hall–Kier alpha value is -1.76. The van der Waals surface area contributed by atoms with E-state index in [0.717, 1.165) is 42.9 Å². The average Bonchev–Trinajstić information content (AvgIpc) is 3.08. The zero-order chi connectivity index (χ0) is 18.1. The molecular weight excluding hydrogens is 382 g/mol. The van der Waals surface area contributed by atoms with Crippen LogP contribution >= 0.6 is 15.9 Å². The number of guanidine groups is 1. The summed E-state index contributed by atoms with van der Waals surface area (Å²) >= 11 is 3.47. The summed E-state index contributed by atoms with van der Waals surface area (Å²) in [4.78, 5) is 18.2. The van der Waals surface area contributed by atoms with E-state index in [0.29, 0.717) is 19.0 Å². The average molecular weight is 410 g/mol. The summed E-state index contributed by atoms with van der Waals surface area (Å²) in [5.74, 6) is 0.832. The lowest BCUT2D eigenvalue weighted by Gasteiger charge is -2.20. The molecule has 1 heterocycles. The molecule has 6 nitrogen and oxygen atoms in total. The van der Waals surface area contributed by atoms with Gasteiger partial charge in [0.2, 0.25) is 5.91 Å². The number of carbonyl (C=O) groups excluding carboxylic acids is 1. The molecule has 0 aliphatic carbocycles. The molecule has 0 bridgehead atoms. The fourth-order valence-corrected chi connectivity index (χ4v) is 3.06. The van der Waals surface area contributed by atoms with Gasteiger partial charge in [-0.05, 0) is 37.1 Å². The molecule has 1 aromatic carbocycles. The number of nitrogens with one attached hydrogen (secondary N) is 3. The maximum Gasteiger partial charge on any atom is 0.221 e. The Bertz CT molecular complexity index is 575. The highest BCUT2D eigenvalue weighted by Crippen LogP contribution is 2.22.